The lowest BCUT2D eigenvalue weighted by Gasteiger charge is -2.19. The Morgan fingerprint density at radius 3 is 2.38 bits per heavy atom. The molecule has 2 atom stereocenters. The molecule has 2 amide bonds. The number of aliphatic carboxylic acids is 1. The summed E-state index contributed by atoms with van der Waals surface area (Å²) >= 11 is 1.70. The highest BCUT2D eigenvalue weighted by Crippen LogP contribution is 2.16. The van der Waals surface area contributed by atoms with E-state index in [-0.39, 0.29) is 12.0 Å². The smallest absolute Gasteiger partial charge is 0.326 e. The highest BCUT2D eigenvalue weighted by molar-refractivity contribution is 7.11. The van der Waals surface area contributed by atoms with Crippen LogP contribution in [0.5, 0.6) is 0 Å². The number of urea groups is 1. The number of aryl methyl sites for hydroxylation is 1. The molecular formula is C15H24N2O3S. The molecule has 1 rings (SSSR count). The van der Waals surface area contributed by atoms with Crippen LogP contribution in [0.15, 0.2) is 12.1 Å². The molecule has 1 heterocycles. The maximum Gasteiger partial charge on any atom is 0.326 e. The maximum absolute atomic E-state index is 11.9. The number of thiophene rings is 1. The van der Waals surface area contributed by atoms with E-state index in [1.165, 1.54) is 9.75 Å². The predicted octanol–water partition coefficient (Wildman–Crippen LogP) is 2.79. The average Bonchev–Trinajstić information content (AvgIpc) is 2.72. The number of amides is 2. The topological polar surface area (TPSA) is 78.4 Å². The van der Waals surface area contributed by atoms with Gasteiger partial charge in [-0.25, -0.2) is 9.59 Å². The van der Waals surface area contributed by atoms with Crippen molar-refractivity contribution >= 4 is 23.3 Å². The van der Waals surface area contributed by atoms with Crippen molar-refractivity contribution in [1.82, 2.24) is 10.6 Å². The van der Waals surface area contributed by atoms with Crippen LogP contribution in [-0.2, 0) is 11.2 Å². The van der Waals surface area contributed by atoms with Crippen LogP contribution in [0.1, 0.15) is 36.9 Å². The van der Waals surface area contributed by atoms with Gasteiger partial charge in [-0.2, -0.15) is 0 Å². The molecule has 0 saturated heterocycles. The summed E-state index contributed by atoms with van der Waals surface area (Å²) in [6.07, 6.45) is 1.16. The summed E-state index contributed by atoms with van der Waals surface area (Å²) in [4.78, 5) is 25.4. The number of carboxylic acids is 1. The van der Waals surface area contributed by atoms with Crippen LogP contribution < -0.4 is 10.6 Å². The van der Waals surface area contributed by atoms with Gasteiger partial charge in [0.1, 0.15) is 6.04 Å². The summed E-state index contributed by atoms with van der Waals surface area (Å²) in [5.74, 6) is -0.793. The van der Waals surface area contributed by atoms with Crippen molar-refractivity contribution in [2.75, 3.05) is 0 Å². The van der Waals surface area contributed by atoms with E-state index in [9.17, 15) is 9.59 Å². The van der Waals surface area contributed by atoms with E-state index in [1.807, 2.05) is 27.7 Å². The number of hydrogen-bond acceptors (Lipinski definition) is 3. The van der Waals surface area contributed by atoms with Gasteiger partial charge in [-0.15, -0.1) is 11.3 Å². The molecule has 0 spiro atoms. The lowest BCUT2D eigenvalue weighted by molar-refractivity contribution is -0.139. The van der Waals surface area contributed by atoms with Crippen LogP contribution in [0.4, 0.5) is 4.79 Å². The molecule has 1 aromatic rings. The second-order valence-electron chi connectivity index (χ2n) is 5.76. The van der Waals surface area contributed by atoms with Gasteiger partial charge in [0.25, 0.3) is 0 Å². The molecule has 0 aromatic carbocycles. The van der Waals surface area contributed by atoms with Gasteiger partial charge in [0.15, 0.2) is 0 Å². The zero-order valence-corrected chi connectivity index (χ0v) is 13.8. The summed E-state index contributed by atoms with van der Waals surface area (Å²) in [5.41, 5.74) is 0. The molecule has 0 fully saturated rings. The second-order valence-corrected chi connectivity index (χ2v) is 7.13. The van der Waals surface area contributed by atoms with E-state index < -0.39 is 18.0 Å². The van der Waals surface area contributed by atoms with Crippen LogP contribution in [-0.4, -0.2) is 29.2 Å². The summed E-state index contributed by atoms with van der Waals surface area (Å²) in [6, 6.07) is 2.78. The van der Waals surface area contributed by atoms with E-state index in [0.29, 0.717) is 6.42 Å². The molecule has 118 valence electrons. The first-order valence-electron chi connectivity index (χ1n) is 7.13. The Morgan fingerprint density at radius 1 is 1.24 bits per heavy atom. The molecule has 1 unspecified atom stereocenters. The van der Waals surface area contributed by atoms with E-state index in [4.69, 9.17) is 5.11 Å². The van der Waals surface area contributed by atoms with Gasteiger partial charge >= 0.3 is 12.0 Å². The van der Waals surface area contributed by atoms with Crippen molar-refractivity contribution < 1.29 is 14.7 Å². The SMILES string of the molecule is Cc1ccc(CC(C)NC(=O)N[C@@H](CC(C)C)C(=O)O)s1. The van der Waals surface area contributed by atoms with Crippen LogP contribution >= 0.6 is 11.3 Å². The third-order valence-corrected chi connectivity index (χ3v) is 4.01. The van der Waals surface area contributed by atoms with Gasteiger partial charge in [0, 0.05) is 22.2 Å². The number of nitrogens with one attached hydrogen (secondary N) is 2. The van der Waals surface area contributed by atoms with E-state index >= 15 is 0 Å². The summed E-state index contributed by atoms with van der Waals surface area (Å²) in [7, 11) is 0. The monoisotopic (exact) mass is 312 g/mol. The first-order chi connectivity index (χ1) is 9.77. The minimum absolute atomic E-state index is 0.0449. The van der Waals surface area contributed by atoms with Crippen molar-refractivity contribution in [3.8, 4) is 0 Å². The molecule has 0 radical (unpaired) electrons. The van der Waals surface area contributed by atoms with Crippen molar-refractivity contribution in [2.24, 2.45) is 5.92 Å². The largest absolute Gasteiger partial charge is 0.480 e. The minimum Gasteiger partial charge on any atom is -0.480 e. The third-order valence-electron chi connectivity index (χ3n) is 2.99. The number of rotatable bonds is 7. The van der Waals surface area contributed by atoms with Crippen molar-refractivity contribution in [2.45, 2.75) is 52.6 Å². The average molecular weight is 312 g/mol. The van der Waals surface area contributed by atoms with E-state index in [2.05, 4.69) is 22.8 Å². The third kappa shape index (κ3) is 6.62. The second kappa shape index (κ2) is 8.02. The molecule has 0 aliphatic carbocycles. The molecule has 3 N–H and O–H groups in total. The summed E-state index contributed by atoms with van der Waals surface area (Å²) in [6.45, 7) is 7.81. The van der Waals surface area contributed by atoms with Gasteiger partial charge in [-0.3, -0.25) is 0 Å². The number of carboxylic acid groups (broad SMARTS) is 1. The van der Waals surface area contributed by atoms with Crippen molar-refractivity contribution in [3.05, 3.63) is 21.9 Å². The van der Waals surface area contributed by atoms with Gasteiger partial charge in [0.05, 0.1) is 0 Å². The minimum atomic E-state index is -1.000. The zero-order valence-electron chi connectivity index (χ0n) is 13.0. The Kier molecular flexibility index (Phi) is 6.68. The maximum atomic E-state index is 11.9. The van der Waals surface area contributed by atoms with Gasteiger partial charge < -0.3 is 15.7 Å². The lowest BCUT2D eigenvalue weighted by atomic mass is 10.0. The molecule has 0 saturated carbocycles. The Morgan fingerprint density at radius 2 is 1.90 bits per heavy atom. The lowest BCUT2D eigenvalue weighted by Crippen LogP contribution is -2.49. The van der Waals surface area contributed by atoms with Crippen LogP contribution in [0.2, 0.25) is 0 Å². The Bertz CT molecular complexity index is 485. The first-order valence-corrected chi connectivity index (χ1v) is 7.94. The highest BCUT2D eigenvalue weighted by Gasteiger charge is 2.21. The van der Waals surface area contributed by atoms with Gasteiger partial charge in [0.2, 0.25) is 0 Å². The fraction of sp³-hybridized carbons (Fsp3) is 0.600. The Hall–Kier alpha value is -1.56. The fourth-order valence-electron chi connectivity index (χ4n) is 2.06. The number of hydrogen-bond donors (Lipinski definition) is 3. The number of carbonyl (C=O) groups is 2. The number of carbonyl (C=O) groups excluding carboxylic acids is 1. The van der Waals surface area contributed by atoms with Crippen LogP contribution in [0, 0.1) is 12.8 Å². The predicted molar refractivity (Wildman–Crippen MR) is 84.8 cm³/mol. The Labute approximate surface area is 129 Å². The fourth-order valence-corrected chi connectivity index (χ4v) is 3.08. The summed E-state index contributed by atoms with van der Waals surface area (Å²) in [5, 5.41) is 14.4. The quantitative estimate of drug-likeness (QED) is 0.724. The van der Waals surface area contributed by atoms with Gasteiger partial charge in [-0.05, 0) is 38.3 Å². The molecule has 0 aliphatic heterocycles. The van der Waals surface area contributed by atoms with Crippen molar-refractivity contribution in [3.63, 3.8) is 0 Å². The van der Waals surface area contributed by atoms with E-state index in [1.54, 1.807) is 11.3 Å². The molecule has 0 aliphatic rings. The van der Waals surface area contributed by atoms with E-state index in [0.717, 1.165) is 6.42 Å². The van der Waals surface area contributed by atoms with Crippen LogP contribution in [0.25, 0.3) is 0 Å². The molecule has 0 bridgehead atoms. The molecule has 6 heteroatoms. The molecule has 1 aromatic heterocycles. The van der Waals surface area contributed by atoms with Crippen molar-refractivity contribution in [1.29, 1.82) is 0 Å². The summed E-state index contributed by atoms with van der Waals surface area (Å²) < 4.78 is 0. The highest BCUT2D eigenvalue weighted by atomic mass is 32.1. The van der Waals surface area contributed by atoms with Crippen LogP contribution in [0.3, 0.4) is 0 Å². The zero-order chi connectivity index (χ0) is 16.0. The normalized spacial score (nSPS) is 13.8. The van der Waals surface area contributed by atoms with Gasteiger partial charge in [-0.1, -0.05) is 13.8 Å². The Balaban J connectivity index is 2.45. The molecule has 5 nitrogen and oxygen atoms in total. The molecule has 21 heavy (non-hydrogen) atoms. The standard InChI is InChI=1S/C15H24N2O3S/c1-9(2)7-13(14(18)19)17-15(20)16-10(3)8-12-6-5-11(4)21-12/h5-6,9-10,13H,7-8H2,1-4H3,(H,18,19)(H2,16,17,20)/t10?,13-/m0/s1. The first kappa shape index (κ1) is 17.5. The molecular weight excluding hydrogens is 288 g/mol.